The van der Waals surface area contributed by atoms with Gasteiger partial charge in [0.1, 0.15) is 5.92 Å². The third-order valence-corrected chi connectivity index (χ3v) is 1.58. The predicted octanol–water partition coefficient (Wildman–Crippen LogP) is -1.48. The summed E-state index contributed by atoms with van der Waals surface area (Å²) in [5.74, 6) is -2.41. The fourth-order valence-electron chi connectivity index (χ4n) is 0.965. The normalized spacial score (nSPS) is 24.5. The van der Waals surface area contributed by atoms with Gasteiger partial charge in [-0.1, -0.05) is 0 Å². The molecule has 1 fully saturated rings. The molecular weight excluding hydrogens is 148 g/mol. The molecule has 1 heterocycles. The molecule has 0 spiro atoms. The number of hydrogen-bond donors (Lipinski definition) is 2. The van der Waals surface area contributed by atoms with E-state index < -0.39 is 17.7 Å². The molecule has 1 unspecified atom stereocenters. The van der Waals surface area contributed by atoms with Crippen molar-refractivity contribution in [3.05, 3.63) is 0 Å². The maximum absolute atomic E-state index is 10.8. The molecule has 1 saturated heterocycles. The van der Waals surface area contributed by atoms with Gasteiger partial charge in [0.15, 0.2) is 0 Å². The van der Waals surface area contributed by atoms with Crippen LogP contribution < -0.4 is 11.1 Å². The lowest BCUT2D eigenvalue weighted by Crippen LogP contribution is -2.45. The van der Waals surface area contributed by atoms with E-state index in [4.69, 9.17) is 5.73 Å². The van der Waals surface area contributed by atoms with E-state index in [9.17, 15) is 14.4 Å². The summed E-state index contributed by atoms with van der Waals surface area (Å²) in [7, 11) is 0. The van der Waals surface area contributed by atoms with Gasteiger partial charge < -0.3 is 5.73 Å². The van der Waals surface area contributed by atoms with Gasteiger partial charge in [0.25, 0.3) is 0 Å². The lowest BCUT2D eigenvalue weighted by atomic mass is 9.98. The van der Waals surface area contributed by atoms with Gasteiger partial charge in [0.2, 0.25) is 17.7 Å². The number of imide groups is 1. The van der Waals surface area contributed by atoms with Gasteiger partial charge in [-0.15, -0.1) is 0 Å². The molecule has 5 heteroatoms. The number of nitrogens with one attached hydrogen (secondary N) is 1. The summed E-state index contributed by atoms with van der Waals surface area (Å²) in [5, 5.41) is 2.03. The van der Waals surface area contributed by atoms with Crippen molar-refractivity contribution < 1.29 is 14.4 Å². The Labute approximate surface area is 62.9 Å². The summed E-state index contributed by atoms with van der Waals surface area (Å²) in [6, 6.07) is 0. The van der Waals surface area contributed by atoms with E-state index in [0.717, 1.165) is 0 Å². The topological polar surface area (TPSA) is 89.3 Å². The maximum atomic E-state index is 10.8. The molecule has 0 saturated carbocycles. The van der Waals surface area contributed by atoms with Crippen molar-refractivity contribution in [3.8, 4) is 0 Å². The molecule has 1 atom stereocenters. The van der Waals surface area contributed by atoms with Crippen LogP contribution in [0.25, 0.3) is 0 Å². The summed E-state index contributed by atoms with van der Waals surface area (Å²) in [6.45, 7) is 0. The average Bonchev–Trinajstić information content (AvgIpc) is 1.85. The Kier molecular flexibility index (Phi) is 1.89. The molecule has 60 valence electrons. The molecule has 1 aliphatic heterocycles. The van der Waals surface area contributed by atoms with Crippen molar-refractivity contribution in [2.24, 2.45) is 11.7 Å². The number of primary amides is 1. The Bertz CT molecular complexity index is 224. The second-order valence-electron chi connectivity index (χ2n) is 2.41. The number of nitrogens with two attached hydrogens (primary N) is 1. The first-order chi connectivity index (χ1) is 5.11. The molecule has 0 radical (unpaired) electrons. The minimum absolute atomic E-state index is 0.194. The summed E-state index contributed by atoms with van der Waals surface area (Å²) >= 11 is 0. The number of piperidine rings is 1. The van der Waals surface area contributed by atoms with Crippen molar-refractivity contribution in [1.29, 1.82) is 0 Å². The predicted molar refractivity (Wildman–Crippen MR) is 35.1 cm³/mol. The quantitative estimate of drug-likeness (QED) is 0.358. The number of carbonyl (C=O) groups excluding carboxylic acids is 3. The molecule has 5 nitrogen and oxygen atoms in total. The van der Waals surface area contributed by atoms with Gasteiger partial charge in [0.05, 0.1) is 0 Å². The highest BCUT2D eigenvalue weighted by Crippen LogP contribution is 2.10. The van der Waals surface area contributed by atoms with Crippen LogP contribution >= 0.6 is 0 Å². The Morgan fingerprint density at radius 3 is 2.64 bits per heavy atom. The smallest absolute Gasteiger partial charge is 0.239 e. The van der Waals surface area contributed by atoms with E-state index in [0.29, 0.717) is 0 Å². The van der Waals surface area contributed by atoms with Crippen LogP contribution in [0.15, 0.2) is 0 Å². The van der Waals surface area contributed by atoms with Crippen molar-refractivity contribution >= 4 is 17.7 Å². The number of hydrogen-bond acceptors (Lipinski definition) is 3. The van der Waals surface area contributed by atoms with E-state index in [2.05, 4.69) is 0 Å². The van der Waals surface area contributed by atoms with Gasteiger partial charge in [0, 0.05) is 6.42 Å². The highest BCUT2D eigenvalue weighted by molar-refractivity contribution is 6.08. The maximum Gasteiger partial charge on any atom is 0.239 e. The Morgan fingerprint density at radius 1 is 1.55 bits per heavy atom. The van der Waals surface area contributed by atoms with Gasteiger partial charge in [-0.05, 0) is 6.42 Å². The molecule has 0 aromatic heterocycles. The number of rotatable bonds is 1. The van der Waals surface area contributed by atoms with E-state index in [1.165, 1.54) is 0 Å². The first-order valence-corrected chi connectivity index (χ1v) is 3.24. The van der Waals surface area contributed by atoms with Crippen LogP contribution in [-0.4, -0.2) is 17.7 Å². The van der Waals surface area contributed by atoms with E-state index in [-0.39, 0.29) is 18.7 Å². The molecule has 3 N–H and O–H groups in total. The Hall–Kier alpha value is -1.39. The minimum Gasteiger partial charge on any atom is -0.369 e. The molecule has 1 aliphatic rings. The van der Waals surface area contributed by atoms with Gasteiger partial charge in [-0.25, -0.2) is 0 Å². The van der Waals surface area contributed by atoms with Crippen LogP contribution in [0.4, 0.5) is 0 Å². The lowest BCUT2D eigenvalue weighted by molar-refractivity contribution is -0.140. The molecular formula is C6H8N2O3. The Morgan fingerprint density at radius 2 is 2.18 bits per heavy atom. The van der Waals surface area contributed by atoms with Crippen molar-refractivity contribution in [2.45, 2.75) is 12.8 Å². The Balaban J connectivity index is 2.65. The van der Waals surface area contributed by atoms with Gasteiger partial charge in [-0.3, -0.25) is 19.7 Å². The summed E-state index contributed by atoms with van der Waals surface area (Å²) in [5.41, 5.74) is 4.89. The number of amides is 3. The van der Waals surface area contributed by atoms with E-state index in [1.807, 2.05) is 5.32 Å². The van der Waals surface area contributed by atoms with Crippen LogP contribution in [-0.2, 0) is 14.4 Å². The van der Waals surface area contributed by atoms with E-state index >= 15 is 0 Å². The molecule has 0 aliphatic carbocycles. The van der Waals surface area contributed by atoms with Gasteiger partial charge >= 0.3 is 0 Å². The zero-order valence-corrected chi connectivity index (χ0v) is 5.79. The first-order valence-electron chi connectivity index (χ1n) is 3.24. The molecule has 0 aromatic rings. The molecule has 11 heavy (non-hydrogen) atoms. The lowest BCUT2D eigenvalue weighted by Gasteiger charge is -2.17. The average molecular weight is 156 g/mol. The largest absolute Gasteiger partial charge is 0.369 e. The first kappa shape index (κ1) is 7.71. The molecule has 0 bridgehead atoms. The highest BCUT2D eigenvalue weighted by Gasteiger charge is 2.30. The van der Waals surface area contributed by atoms with Gasteiger partial charge in [-0.2, -0.15) is 0 Å². The van der Waals surface area contributed by atoms with Crippen LogP contribution in [0.1, 0.15) is 12.8 Å². The monoisotopic (exact) mass is 156 g/mol. The summed E-state index contributed by atoms with van der Waals surface area (Å²) in [4.78, 5) is 31.9. The van der Waals surface area contributed by atoms with Crippen molar-refractivity contribution in [1.82, 2.24) is 5.32 Å². The van der Waals surface area contributed by atoms with Crippen molar-refractivity contribution in [2.75, 3.05) is 0 Å². The van der Waals surface area contributed by atoms with Crippen LogP contribution in [0.2, 0.25) is 0 Å². The summed E-state index contributed by atoms with van der Waals surface area (Å²) < 4.78 is 0. The summed E-state index contributed by atoms with van der Waals surface area (Å²) in [6.07, 6.45) is 0.430. The van der Waals surface area contributed by atoms with Crippen LogP contribution in [0.3, 0.4) is 0 Å². The second-order valence-corrected chi connectivity index (χ2v) is 2.41. The number of carbonyl (C=O) groups is 3. The SMILES string of the molecule is NC(=O)C1CCC(=O)NC1=O. The third-order valence-electron chi connectivity index (χ3n) is 1.58. The third kappa shape index (κ3) is 1.54. The fraction of sp³-hybridized carbons (Fsp3) is 0.500. The zero-order valence-electron chi connectivity index (χ0n) is 5.79. The van der Waals surface area contributed by atoms with Crippen molar-refractivity contribution in [3.63, 3.8) is 0 Å². The second kappa shape index (κ2) is 2.69. The van der Waals surface area contributed by atoms with Crippen LogP contribution in [0, 0.1) is 5.92 Å². The standard InChI is InChI=1S/C6H8N2O3/c7-5(10)3-1-2-4(9)8-6(3)11/h3H,1-2H2,(H2,7,10)(H,8,9,11). The van der Waals surface area contributed by atoms with E-state index in [1.54, 1.807) is 0 Å². The van der Waals surface area contributed by atoms with Crippen LogP contribution in [0.5, 0.6) is 0 Å². The molecule has 3 amide bonds. The molecule has 0 aromatic carbocycles. The molecule has 1 rings (SSSR count). The minimum atomic E-state index is -0.826. The highest BCUT2D eigenvalue weighted by atomic mass is 16.2. The zero-order chi connectivity index (χ0) is 8.43. The fourth-order valence-corrected chi connectivity index (χ4v) is 0.965.